The van der Waals surface area contributed by atoms with Gasteiger partial charge in [-0.05, 0) is 37.5 Å². The van der Waals surface area contributed by atoms with Crippen LogP contribution < -0.4 is 5.32 Å². The number of aryl methyl sites for hydroxylation is 1. The fourth-order valence-electron chi connectivity index (χ4n) is 1.94. The van der Waals surface area contributed by atoms with Crippen LogP contribution in [-0.2, 0) is 6.54 Å². The molecule has 5 heteroatoms. The van der Waals surface area contributed by atoms with Gasteiger partial charge in [-0.1, -0.05) is 29.3 Å². The first kappa shape index (κ1) is 13.0. The van der Waals surface area contributed by atoms with Crippen LogP contribution >= 0.6 is 23.2 Å². The third kappa shape index (κ3) is 2.94. The van der Waals surface area contributed by atoms with Gasteiger partial charge in [0.25, 0.3) is 0 Å². The lowest BCUT2D eigenvalue weighted by Gasteiger charge is -2.08. The fraction of sp³-hybridized carbons (Fsp3) is 0.357. The number of rotatable bonds is 4. The molecular weight excluding hydrogens is 281 g/mol. The van der Waals surface area contributed by atoms with Gasteiger partial charge in [-0.3, -0.25) is 0 Å². The Kier molecular flexibility index (Phi) is 3.52. The summed E-state index contributed by atoms with van der Waals surface area (Å²) in [5.41, 5.74) is 2.86. The number of aromatic nitrogens is 2. The van der Waals surface area contributed by atoms with Crippen LogP contribution in [0.2, 0.25) is 10.0 Å². The molecule has 1 aromatic heterocycles. The highest BCUT2D eigenvalue weighted by molar-refractivity contribution is 6.31. The Morgan fingerprint density at radius 1 is 1.32 bits per heavy atom. The maximum absolute atomic E-state index is 6.32. The molecule has 1 aromatic carbocycles. The zero-order valence-corrected chi connectivity index (χ0v) is 12.2. The van der Waals surface area contributed by atoms with Crippen molar-refractivity contribution in [2.24, 2.45) is 0 Å². The summed E-state index contributed by atoms with van der Waals surface area (Å²) < 4.78 is 1.75. The van der Waals surface area contributed by atoms with Crippen molar-refractivity contribution in [2.45, 2.75) is 32.4 Å². The molecule has 3 nitrogen and oxygen atoms in total. The predicted molar refractivity (Wildman–Crippen MR) is 78.2 cm³/mol. The van der Waals surface area contributed by atoms with E-state index in [-0.39, 0.29) is 0 Å². The van der Waals surface area contributed by atoms with Crippen molar-refractivity contribution in [3.63, 3.8) is 0 Å². The number of nitrogens with one attached hydrogen (secondary N) is 1. The van der Waals surface area contributed by atoms with Gasteiger partial charge in [-0.2, -0.15) is 5.10 Å². The Bertz CT molecular complexity index is 583. The minimum Gasteiger partial charge on any atom is -0.310 e. The van der Waals surface area contributed by atoms with Crippen molar-refractivity contribution in [1.82, 2.24) is 15.1 Å². The lowest BCUT2D eigenvalue weighted by atomic mass is 10.2. The minimum atomic E-state index is 0.663. The van der Waals surface area contributed by atoms with E-state index >= 15 is 0 Å². The van der Waals surface area contributed by atoms with Crippen LogP contribution in [0, 0.1) is 6.92 Å². The molecule has 0 atom stereocenters. The lowest BCUT2D eigenvalue weighted by Crippen LogP contribution is -2.15. The van der Waals surface area contributed by atoms with E-state index in [2.05, 4.69) is 10.4 Å². The van der Waals surface area contributed by atoms with Gasteiger partial charge in [0.05, 0.1) is 16.4 Å². The van der Waals surface area contributed by atoms with Crippen LogP contribution in [0.1, 0.15) is 24.1 Å². The average molecular weight is 296 g/mol. The molecule has 100 valence electrons. The summed E-state index contributed by atoms with van der Waals surface area (Å²) in [6.07, 6.45) is 4.35. The zero-order chi connectivity index (χ0) is 13.4. The van der Waals surface area contributed by atoms with Crippen LogP contribution in [0.15, 0.2) is 24.4 Å². The summed E-state index contributed by atoms with van der Waals surface area (Å²) in [7, 11) is 0. The van der Waals surface area contributed by atoms with E-state index in [0.29, 0.717) is 11.1 Å². The van der Waals surface area contributed by atoms with Crippen molar-refractivity contribution in [3.8, 4) is 5.69 Å². The molecule has 3 rings (SSSR count). The Balaban J connectivity index is 1.81. The minimum absolute atomic E-state index is 0.663. The van der Waals surface area contributed by atoms with E-state index in [1.807, 2.05) is 25.1 Å². The maximum atomic E-state index is 6.32. The van der Waals surface area contributed by atoms with E-state index in [0.717, 1.165) is 28.5 Å². The van der Waals surface area contributed by atoms with Gasteiger partial charge in [-0.15, -0.1) is 0 Å². The van der Waals surface area contributed by atoms with E-state index in [9.17, 15) is 0 Å². The highest BCUT2D eigenvalue weighted by Gasteiger charge is 2.20. The third-order valence-electron chi connectivity index (χ3n) is 3.30. The molecule has 0 amide bonds. The summed E-state index contributed by atoms with van der Waals surface area (Å²) in [6, 6.07) is 6.66. The molecule has 1 aliphatic carbocycles. The summed E-state index contributed by atoms with van der Waals surface area (Å²) in [5.74, 6) is 0. The Morgan fingerprint density at radius 2 is 2.11 bits per heavy atom. The second-order valence-electron chi connectivity index (χ2n) is 4.94. The molecular formula is C14H15Cl2N3. The smallest absolute Gasteiger partial charge is 0.0819 e. The van der Waals surface area contributed by atoms with Gasteiger partial charge < -0.3 is 5.32 Å². The van der Waals surface area contributed by atoms with E-state index < -0.39 is 0 Å². The fourth-order valence-corrected chi connectivity index (χ4v) is 2.31. The molecule has 1 aliphatic rings. The number of benzene rings is 1. The lowest BCUT2D eigenvalue weighted by molar-refractivity contribution is 0.687. The Morgan fingerprint density at radius 3 is 2.68 bits per heavy atom. The molecule has 2 aromatic rings. The molecule has 0 radical (unpaired) electrons. The van der Waals surface area contributed by atoms with E-state index in [4.69, 9.17) is 23.2 Å². The first-order chi connectivity index (χ1) is 9.13. The first-order valence-electron chi connectivity index (χ1n) is 6.37. The van der Waals surface area contributed by atoms with Gasteiger partial charge >= 0.3 is 0 Å². The molecule has 0 saturated heterocycles. The molecule has 0 spiro atoms. The molecule has 1 heterocycles. The van der Waals surface area contributed by atoms with Crippen LogP contribution in [-0.4, -0.2) is 15.8 Å². The number of hydrogen-bond donors (Lipinski definition) is 1. The molecule has 0 aliphatic heterocycles. The van der Waals surface area contributed by atoms with Crippen LogP contribution in [0.3, 0.4) is 0 Å². The molecule has 1 saturated carbocycles. The Hall–Kier alpha value is -1.03. The van der Waals surface area contributed by atoms with Gasteiger partial charge in [0.2, 0.25) is 0 Å². The second kappa shape index (κ2) is 5.16. The number of hydrogen-bond acceptors (Lipinski definition) is 2. The van der Waals surface area contributed by atoms with Crippen molar-refractivity contribution < 1.29 is 0 Å². The van der Waals surface area contributed by atoms with Crippen molar-refractivity contribution >= 4 is 23.2 Å². The topological polar surface area (TPSA) is 29.9 Å². The van der Waals surface area contributed by atoms with Crippen LogP contribution in [0.5, 0.6) is 0 Å². The molecule has 1 fully saturated rings. The SMILES string of the molecule is Cc1nn(-c2ccc(CNC3CC3)c(Cl)c2)cc1Cl. The summed E-state index contributed by atoms with van der Waals surface area (Å²) in [5, 5.41) is 9.23. The third-order valence-corrected chi connectivity index (χ3v) is 4.02. The standard InChI is InChI=1S/C14H15Cl2N3/c1-9-14(16)8-19(18-9)12-5-2-10(13(15)6-12)7-17-11-3-4-11/h2,5-6,8,11,17H,3-4,7H2,1H3. The molecule has 0 unspecified atom stereocenters. The van der Waals surface area contributed by atoms with Gasteiger partial charge in [-0.25, -0.2) is 4.68 Å². The van der Waals surface area contributed by atoms with E-state index in [1.165, 1.54) is 12.8 Å². The van der Waals surface area contributed by atoms with Gasteiger partial charge in [0, 0.05) is 23.8 Å². The monoisotopic (exact) mass is 295 g/mol. The number of nitrogens with zero attached hydrogens (tertiary/aromatic N) is 2. The molecule has 19 heavy (non-hydrogen) atoms. The van der Waals surface area contributed by atoms with Gasteiger partial charge in [0.15, 0.2) is 0 Å². The first-order valence-corrected chi connectivity index (χ1v) is 7.13. The Labute approximate surface area is 122 Å². The zero-order valence-electron chi connectivity index (χ0n) is 10.7. The molecule has 0 bridgehead atoms. The molecule has 1 N–H and O–H groups in total. The number of halogens is 2. The largest absolute Gasteiger partial charge is 0.310 e. The van der Waals surface area contributed by atoms with Gasteiger partial charge in [0.1, 0.15) is 0 Å². The predicted octanol–water partition coefficient (Wildman–Crippen LogP) is 3.74. The average Bonchev–Trinajstić information content (AvgIpc) is 3.14. The quantitative estimate of drug-likeness (QED) is 0.931. The van der Waals surface area contributed by atoms with Crippen molar-refractivity contribution in [1.29, 1.82) is 0 Å². The van der Waals surface area contributed by atoms with Crippen LogP contribution in [0.4, 0.5) is 0 Å². The highest BCUT2D eigenvalue weighted by Crippen LogP contribution is 2.24. The summed E-state index contributed by atoms with van der Waals surface area (Å²) >= 11 is 12.3. The van der Waals surface area contributed by atoms with E-state index in [1.54, 1.807) is 10.9 Å². The summed E-state index contributed by atoms with van der Waals surface area (Å²) in [6.45, 7) is 2.71. The van der Waals surface area contributed by atoms with Crippen LogP contribution in [0.25, 0.3) is 5.69 Å². The van der Waals surface area contributed by atoms with Crippen molar-refractivity contribution in [3.05, 3.63) is 45.7 Å². The normalized spacial score (nSPS) is 14.9. The maximum Gasteiger partial charge on any atom is 0.0819 e. The summed E-state index contributed by atoms with van der Waals surface area (Å²) in [4.78, 5) is 0. The second-order valence-corrected chi connectivity index (χ2v) is 5.75. The highest BCUT2D eigenvalue weighted by atomic mass is 35.5. The van der Waals surface area contributed by atoms with Crippen molar-refractivity contribution in [2.75, 3.05) is 0 Å².